The van der Waals surface area contributed by atoms with Gasteiger partial charge in [0.15, 0.2) is 18.1 Å². The molecular formula is C17H27NO4. The molecule has 0 aliphatic heterocycles. The Morgan fingerprint density at radius 3 is 2.41 bits per heavy atom. The Labute approximate surface area is 132 Å². The molecule has 0 atom stereocenters. The SMILES string of the molecule is CCCC(CCC)Oc1ccc(N)cc1OCC(=O)OCC. The summed E-state index contributed by atoms with van der Waals surface area (Å²) in [6.45, 7) is 6.20. The van der Waals surface area contributed by atoms with Crippen molar-refractivity contribution < 1.29 is 19.0 Å². The van der Waals surface area contributed by atoms with Gasteiger partial charge in [0.2, 0.25) is 0 Å². The molecule has 0 aliphatic rings. The van der Waals surface area contributed by atoms with Gasteiger partial charge in [-0.2, -0.15) is 0 Å². The number of hydrogen-bond acceptors (Lipinski definition) is 5. The van der Waals surface area contributed by atoms with Crippen LogP contribution >= 0.6 is 0 Å². The molecule has 0 radical (unpaired) electrons. The first-order chi connectivity index (χ1) is 10.6. The average molecular weight is 309 g/mol. The molecule has 0 bridgehead atoms. The first kappa shape index (κ1) is 18.1. The van der Waals surface area contributed by atoms with Crippen molar-refractivity contribution >= 4 is 11.7 Å². The zero-order valence-electron chi connectivity index (χ0n) is 13.8. The first-order valence-corrected chi connectivity index (χ1v) is 7.95. The number of nitrogen functional groups attached to an aromatic ring is 1. The van der Waals surface area contributed by atoms with Gasteiger partial charge in [0.05, 0.1) is 12.7 Å². The van der Waals surface area contributed by atoms with Gasteiger partial charge in [-0.15, -0.1) is 0 Å². The largest absolute Gasteiger partial charge is 0.487 e. The van der Waals surface area contributed by atoms with E-state index in [-0.39, 0.29) is 12.7 Å². The summed E-state index contributed by atoms with van der Waals surface area (Å²) in [7, 11) is 0. The highest BCUT2D eigenvalue weighted by atomic mass is 16.6. The Bertz CT molecular complexity index is 456. The molecular weight excluding hydrogens is 282 g/mol. The number of benzene rings is 1. The molecule has 0 heterocycles. The van der Waals surface area contributed by atoms with Crippen molar-refractivity contribution in [2.24, 2.45) is 0 Å². The van der Waals surface area contributed by atoms with E-state index >= 15 is 0 Å². The Morgan fingerprint density at radius 2 is 1.82 bits per heavy atom. The zero-order chi connectivity index (χ0) is 16.4. The van der Waals surface area contributed by atoms with E-state index < -0.39 is 5.97 Å². The lowest BCUT2D eigenvalue weighted by molar-refractivity contribution is -0.145. The molecule has 0 saturated heterocycles. The average Bonchev–Trinajstić information content (AvgIpc) is 2.48. The van der Waals surface area contributed by atoms with Crippen molar-refractivity contribution in [1.82, 2.24) is 0 Å². The van der Waals surface area contributed by atoms with E-state index in [1.54, 1.807) is 25.1 Å². The predicted octanol–water partition coefficient (Wildman–Crippen LogP) is 3.56. The fourth-order valence-electron chi connectivity index (χ4n) is 2.16. The highest BCUT2D eigenvalue weighted by Gasteiger charge is 2.14. The van der Waals surface area contributed by atoms with E-state index in [2.05, 4.69) is 13.8 Å². The van der Waals surface area contributed by atoms with Gasteiger partial charge >= 0.3 is 5.97 Å². The van der Waals surface area contributed by atoms with Crippen molar-refractivity contribution in [3.63, 3.8) is 0 Å². The van der Waals surface area contributed by atoms with Crippen LogP contribution in [0.15, 0.2) is 18.2 Å². The molecule has 0 aromatic heterocycles. The van der Waals surface area contributed by atoms with E-state index in [9.17, 15) is 4.79 Å². The van der Waals surface area contributed by atoms with Crippen molar-refractivity contribution in [3.05, 3.63) is 18.2 Å². The molecule has 2 N–H and O–H groups in total. The topological polar surface area (TPSA) is 70.8 Å². The fraction of sp³-hybridized carbons (Fsp3) is 0.588. The molecule has 0 spiro atoms. The number of esters is 1. The lowest BCUT2D eigenvalue weighted by atomic mass is 10.1. The van der Waals surface area contributed by atoms with E-state index in [1.165, 1.54) is 0 Å². The zero-order valence-corrected chi connectivity index (χ0v) is 13.8. The molecule has 1 aromatic rings. The minimum absolute atomic E-state index is 0.142. The van der Waals surface area contributed by atoms with E-state index in [0.29, 0.717) is 23.8 Å². The van der Waals surface area contributed by atoms with E-state index in [1.807, 2.05) is 0 Å². The van der Waals surface area contributed by atoms with Crippen molar-refractivity contribution in [2.45, 2.75) is 52.6 Å². The second-order valence-corrected chi connectivity index (χ2v) is 5.12. The Morgan fingerprint density at radius 1 is 1.14 bits per heavy atom. The number of nitrogens with two attached hydrogens (primary N) is 1. The van der Waals surface area contributed by atoms with Crippen LogP contribution in [0.3, 0.4) is 0 Å². The second kappa shape index (κ2) is 9.92. The van der Waals surface area contributed by atoms with Gasteiger partial charge in [0.25, 0.3) is 0 Å². The predicted molar refractivity (Wildman–Crippen MR) is 87.2 cm³/mol. The molecule has 0 fully saturated rings. The van der Waals surface area contributed by atoms with Gasteiger partial charge in [-0.1, -0.05) is 26.7 Å². The summed E-state index contributed by atoms with van der Waals surface area (Å²) in [5.41, 5.74) is 6.35. The van der Waals surface area contributed by atoms with Crippen LogP contribution in [0.4, 0.5) is 5.69 Å². The van der Waals surface area contributed by atoms with Crippen LogP contribution in [0.1, 0.15) is 46.5 Å². The summed E-state index contributed by atoms with van der Waals surface area (Å²) in [6.07, 6.45) is 4.21. The van der Waals surface area contributed by atoms with Crippen molar-refractivity contribution in [3.8, 4) is 11.5 Å². The molecule has 0 amide bonds. The maximum atomic E-state index is 11.4. The van der Waals surface area contributed by atoms with Crippen molar-refractivity contribution in [1.29, 1.82) is 0 Å². The number of hydrogen-bond donors (Lipinski definition) is 1. The Hall–Kier alpha value is -1.91. The monoisotopic (exact) mass is 309 g/mol. The number of anilines is 1. The standard InChI is InChI=1S/C17H27NO4/c1-4-7-14(8-5-2)22-15-10-9-13(18)11-16(15)21-12-17(19)20-6-3/h9-11,14H,4-8,12,18H2,1-3H3. The molecule has 5 heteroatoms. The number of carbonyl (C=O) groups is 1. The lowest BCUT2D eigenvalue weighted by Gasteiger charge is -2.20. The summed E-state index contributed by atoms with van der Waals surface area (Å²) in [6, 6.07) is 5.22. The molecule has 124 valence electrons. The second-order valence-electron chi connectivity index (χ2n) is 5.12. The van der Waals surface area contributed by atoms with Crippen LogP contribution < -0.4 is 15.2 Å². The lowest BCUT2D eigenvalue weighted by Crippen LogP contribution is -2.18. The van der Waals surface area contributed by atoms with Crippen LogP contribution in [0, 0.1) is 0 Å². The third kappa shape index (κ3) is 6.24. The van der Waals surface area contributed by atoms with E-state index in [4.69, 9.17) is 19.9 Å². The minimum atomic E-state index is -0.408. The highest BCUT2D eigenvalue weighted by molar-refractivity contribution is 5.71. The van der Waals surface area contributed by atoms with Crippen molar-refractivity contribution in [2.75, 3.05) is 18.9 Å². The van der Waals surface area contributed by atoms with Crippen LogP contribution in [0.25, 0.3) is 0 Å². The first-order valence-electron chi connectivity index (χ1n) is 7.95. The van der Waals surface area contributed by atoms with Crippen LogP contribution in [-0.2, 0) is 9.53 Å². The third-order valence-electron chi connectivity index (χ3n) is 3.13. The summed E-state index contributed by atoms with van der Waals surface area (Å²) >= 11 is 0. The van der Waals surface area contributed by atoms with Crippen LogP contribution in [0.5, 0.6) is 11.5 Å². The van der Waals surface area contributed by atoms with Crippen LogP contribution in [-0.4, -0.2) is 25.3 Å². The van der Waals surface area contributed by atoms with Gasteiger partial charge in [0, 0.05) is 11.8 Å². The number of carbonyl (C=O) groups excluding carboxylic acids is 1. The molecule has 5 nitrogen and oxygen atoms in total. The number of rotatable bonds is 10. The van der Waals surface area contributed by atoms with Crippen LogP contribution in [0.2, 0.25) is 0 Å². The molecule has 22 heavy (non-hydrogen) atoms. The quantitative estimate of drug-likeness (QED) is 0.528. The normalized spacial score (nSPS) is 10.5. The Balaban J connectivity index is 2.78. The van der Waals surface area contributed by atoms with Gasteiger partial charge in [-0.3, -0.25) is 0 Å². The maximum Gasteiger partial charge on any atom is 0.344 e. The van der Waals surface area contributed by atoms with Gasteiger partial charge in [-0.05, 0) is 31.9 Å². The minimum Gasteiger partial charge on any atom is -0.487 e. The molecule has 0 saturated carbocycles. The van der Waals surface area contributed by atoms with E-state index in [0.717, 1.165) is 25.7 Å². The fourth-order valence-corrected chi connectivity index (χ4v) is 2.16. The van der Waals surface area contributed by atoms with Gasteiger partial charge < -0.3 is 19.9 Å². The summed E-state index contributed by atoms with van der Waals surface area (Å²) in [5.74, 6) is 0.685. The van der Waals surface area contributed by atoms with Gasteiger partial charge in [-0.25, -0.2) is 4.79 Å². The summed E-state index contributed by atoms with van der Waals surface area (Å²) in [4.78, 5) is 11.4. The highest BCUT2D eigenvalue weighted by Crippen LogP contribution is 2.31. The molecule has 1 aromatic carbocycles. The molecule has 1 rings (SSSR count). The van der Waals surface area contributed by atoms with Gasteiger partial charge in [0.1, 0.15) is 0 Å². The summed E-state index contributed by atoms with van der Waals surface area (Å²) < 4.78 is 16.4. The molecule has 0 unspecified atom stereocenters. The smallest absolute Gasteiger partial charge is 0.344 e. The Kier molecular flexibility index (Phi) is 8.18. The third-order valence-corrected chi connectivity index (χ3v) is 3.13. The molecule has 0 aliphatic carbocycles. The maximum absolute atomic E-state index is 11.4. The number of ether oxygens (including phenoxy) is 3. The summed E-state index contributed by atoms with van der Waals surface area (Å²) in [5, 5.41) is 0.